The third-order valence-corrected chi connectivity index (χ3v) is 10.4. The molecule has 1 heterocycles. The van der Waals surface area contributed by atoms with Crippen LogP contribution >= 0.6 is 0 Å². The zero-order valence-electron chi connectivity index (χ0n) is 20.6. The minimum atomic E-state index is -0.939. The molecule has 1 aromatic heterocycles. The molecule has 0 saturated heterocycles. The summed E-state index contributed by atoms with van der Waals surface area (Å²) in [5.41, 5.74) is 8.42. The Morgan fingerprint density at radius 1 is 1.11 bits per heavy atom. The highest BCUT2D eigenvalue weighted by Crippen LogP contribution is 2.70. The maximum absolute atomic E-state index is 12.5. The zero-order chi connectivity index (χ0) is 24.0. The number of aliphatic hydroxyl groups is 1. The Kier molecular flexibility index (Phi) is 4.36. The first-order valence-electron chi connectivity index (χ1n) is 13.2. The molecule has 1 N–H and O–H groups in total. The molecule has 0 aliphatic heterocycles. The topological polar surface area (TPSA) is 50.4 Å². The fourth-order valence-electron chi connectivity index (χ4n) is 8.80. The van der Waals surface area contributed by atoms with Gasteiger partial charge in [0.1, 0.15) is 5.60 Å². The van der Waals surface area contributed by atoms with E-state index in [0.717, 1.165) is 50.5 Å². The second-order valence-electron chi connectivity index (χ2n) is 11.8. The average molecular weight is 465 g/mol. The normalized spacial score (nSPS) is 36.9. The molecule has 0 bridgehead atoms. The van der Waals surface area contributed by atoms with E-state index in [1.165, 1.54) is 22.3 Å². The van der Waals surface area contributed by atoms with Gasteiger partial charge in [0.2, 0.25) is 0 Å². The number of hydrogen-bond acceptors (Lipinski definition) is 3. The van der Waals surface area contributed by atoms with Crippen LogP contribution < -0.4 is 0 Å². The highest BCUT2D eigenvalue weighted by Gasteiger charge is 2.64. The van der Waals surface area contributed by atoms with Crippen LogP contribution in [-0.2, 0) is 11.2 Å². The lowest BCUT2D eigenvalue weighted by molar-refractivity contribution is -0.115. The van der Waals surface area contributed by atoms with Crippen LogP contribution in [0.1, 0.15) is 75.8 Å². The lowest BCUT2D eigenvalue weighted by atomic mass is 9.45. The van der Waals surface area contributed by atoms with Crippen LogP contribution in [0.4, 0.5) is 0 Å². The molecule has 7 rings (SSSR count). The van der Waals surface area contributed by atoms with Crippen LogP contribution in [0.5, 0.6) is 0 Å². The standard InChI is InChI=1S/C32H32O3/c1-3-11-32(34)13-9-28-26-7-5-23-16-24(33)8-12-31(23)17-22-15-20(21-10-14-35-19-21)4-6-25(22)27(29(26)31)18-30(28,32)2/h4,6,10,14-16,19,27-28,34H,5,7-9,12-13,17-18H2,1-2H3/t27?,28-,30-,31+,32-/m0/s1. The van der Waals surface area contributed by atoms with Crippen molar-refractivity contribution in [2.45, 2.75) is 76.7 Å². The van der Waals surface area contributed by atoms with Crippen LogP contribution in [0.15, 0.2) is 64.0 Å². The third-order valence-electron chi connectivity index (χ3n) is 10.4. The maximum Gasteiger partial charge on any atom is 0.155 e. The van der Waals surface area contributed by atoms with E-state index in [1.807, 2.05) is 25.3 Å². The van der Waals surface area contributed by atoms with Gasteiger partial charge in [0.05, 0.1) is 12.5 Å². The number of carbonyl (C=O) groups excluding carboxylic acids is 1. The molecule has 1 fully saturated rings. The highest BCUT2D eigenvalue weighted by molar-refractivity contribution is 5.92. The minimum Gasteiger partial charge on any atom is -0.472 e. The van der Waals surface area contributed by atoms with Crippen molar-refractivity contribution in [1.82, 2.24) is 0 Å². The molecular weight excluding hydrogens is 432 g/mol. The number of carbonyl (C=O) groups is 1. The SMILES string of the molecule is CC#C[C@]1(O)CC[C@H]2C3=C4C(C[C@@]21C)c1ccc(-c2ccoc2)cc1C[C@@]41CCC(=O)C=C1CC3. The van der Waals surface area contributed by atoms with Crippen molar-refractivity contribution in [3.8, 4) is 23.0 Å². The van der Waals surface area contributed by atoms with Gasteiger partial charge in [-0.15, -0.1) is 5.92 Å². The monoisotopic (exact) mass is 464 g/mol. The Bertz CT molecular complexity index is 1380. The molecule has 1 aromatic carbocycles. The van der Waals surface area contributed by atoms with E-state index in [2.05, 4.69) is 37.0 Å². The average Bonchev–Trinajstić information content (AvgIpc) is 3.46. The number of furan rings is 1. The minimum absolute atomic E-state index is 0.0351. The Hall–Kier alpha value is -2.83. The first-order chi connectivity index (χ1) is 16.9. The molecule has 0 radical (unpaired) electrons. The van der Waals surface area contributed by atoms with Crippen LogP contribution in [0.3, 0.4) is 0 Å². The summed E-state index contributed by atoms with van der Waals surface area (Å²) >= 11 is 0. The van der Waals surface area contributed by atoms with E-state index in [0.29, 0.717) is 18.1 Å². The molecule has 2 aromatic rings. The van der Waals surface area contributed by atoms with Crippen molar-refractivity contribution in [3.05, 3.63) is 70.7 Å². The summed E-state index contributed by atoms with van der Waals surface area (Å²) in [5, 5.41) is 11.9. The molecular formula is C32H32O3. The summed E-state index contributed by atoms with van der Waals surface area (Å²) in [4.78, 5) is 12.5. The first-order valence-corrected chi connectivity index (χ1v) is 13.2. The van der Waals surface area contributed by atoms with Gasteiger partial charge in [-0.1, -0.05) is 47.8 Å². The second kappa shape index (κ2) is 7.11. The summed E-state index contributed by atoms with van der Waals surface area (Å²) < 4.78 is 5.37. The van der Waals surface area contributed by atoms with Gasteiger partial charge in [-0.05, 0) is 86.6 Å². The molecule has 178 valence electrons. The van der Waals surface area contributed by atoms with Crippen LogP contribution in [0.2, 0.25) is 0 Å². The van der Waals surface area contributed by atoms with Gasteiger partial charge in [0.25, 0.3) is 0 Å². The van der Waals surface area contributed by atoms with Gasteiger partial charge >= 0.3 is 0 Å². The van der Waals surface area contributed by atoms with Gasteiger partial charge in [-0.25, -0.2) is 0 Å². The quantitative estimate of drug-likeness (QED) is 0.386. The molecule has 0 amide bonds. The number of benzene rings is 1. The van der Waals surface area contributed by atoms with Crippen molar-refractivity contribution >= 4 is 5.78 Å². The Morgan fingerprint density at radius 2 is 2.00 bits per heavy atom. The number of hydrogen-bond donors (Lipinski definition) is 1. The molecule has 1 saturated carbocycles. The zero-order valence-corrected chi connectivity index (χ0v) is 20.6. The van der Waals surface area contributed by atoms with Crippen LogP contribution in [0.25, 0.3) is 11.1 Å². The van der Waals surface area contributed by atoms with Gasteiger partial charge < -0.3 is 9.52 Å². The highest BCUT2D eigenvalue weighted by atomic mass is 16.3. The van der Waals surface area contributed by atoms with E-state index in [9.17, 15) is 9.90 Å². The number of fused-ring (bicyclic) bond motifs is 4. The fourth-order valence-corrected chi connectivity index (χ4v) is 8.80. The third kappa shape index (κ3) is 2.70. The fraction of sp³-hybridized carbons (Fsp3) is 0.469. The van der Waals surface area contributed by atoms with E-state index < -0.39 is 5.60 Å². The summed E-state index contributed by atoms with van der Waals surface area (Å²) in [7, 11) is 0. The van der Waals surface area contributed by atoms with E-state index in [-0.39, 0.29) is 16.7 Å². The van der Waals surface area contributed by atoms with Gasteiger partial charge in [-0.2, -0.15) is 0 Å². The first kappa shape index (κ1) is 21.5. The summed E-state index contributed by atoms with van der Waals surface area (Å²) in [6, 6.07) is 8.93. The number of allylic oxidation sites excluding steroid dienone is 4. The van der Waals surface area contributed by atoms with Crippen LogP contribution in [0, 0.1) is 28.6 Å². The van der Waals surface area contributed by atoms with Crippen molar-refractivity contribution in [3.63, 3.8) is 0 Å². The molecule has 3 heteroatoms. The van der Waals surface area contributed by atoms with Crippen LogP contribution in [-0.4, -0.2) is 16.5 Å². The summed E-state index contributed by atoms with van der Waals surface area (Å²) in [5.74, 6) is 7.25. The predicted octanol–water partition coefficient (Wildman–Crippen LogP) is 6.53. The van der Waals surface area contributed by atoms with Crippen molar-refractivity contribution in [1.29, 1.82) is 0 Å². The molecule has 5 atom stereocenters. The van der Waals surface area contributed by atoms with Crippen molar-refractivity contribution in [2.24, 2.45) is 16.7 Å². The lowest BCUT2D eigenvalue weighted by Gasteiger charge is -2.58. The second-order valence-corrected chi connectivity index (χ2v) is 11.8. The molecule has 35 heavy (non-hydrogen) atoms. The summed E-state index contributed by atoms with van der Waals surface area (Å²) in [6.45, 7) is 4.15. The van der Waals surface area contributed by atoms with E-state index in [4.69, 9.17) is 4.42 Å². The largest absolute Gasteiger partial charge is 0.472 e. The van der Waals surface area contributed by atoms with Crippen molar-refractivity contribution < 1.29 is 14.3 Å². The molecule has 1 spiro atoms. The molecule has 1 unspecified atom stereocenters. The Labute approximate surface area is 207 Å². The van der Waals surface area contributed by atoms with Gasteiger partial charge in [-0.3, -0.25) is 4.79 Å². The Balaban J connectivity index is 1.47. The number of ketones is 1. The smallest absolute Gasteiger partial charge is 0.155 e. The lowest BCUT2D eigenvalue weighted by Crippen LogP contribution is -2.52. The Morgan fingerprint density at radius 3 is 2.80 bits per heavy atom. The predicted molar refractivity (Wildman–Crippen MR) is 135 cm³/mol. The summed E-state index contributed by atoms with van der Waals surface area (Å²) in [6.07, 6.45) is 12.7. The molecule has 5 aliphatic rings. The maximum atomic E-state index is 12.5. The molecule has 5 aliphatic carbocycles. The number of rotatable bonds is 1. The molecule has 3 nitrogen and oxygen atoms in total. The van der Waals surface area contributed by atoms with E-state index in [1.54, 1.807) is 17.4 Å². The van der Waals surface area contributed by atoms with Gasteiger partial charge in [0, 0.05) is 28.7 Å². The van der Waals surface area contributed by atoms with Crippen molar-refractivity contribution in [2.75, 3.05) is 0 Å². The van der Waals surface area contributed by atoms with E-state index >= 15 is 0 Å². The van der Waals surface area contributed by atoms with Gasteiger partial charge in [0.15, 0.2) is 5.78 Å².